The van der Waals surface area contributed by atoms with Gasteiger partial charge in [0.25, 0.3) is 0 Å². The molecule has 53 heavy (non-hydrogen) atoms. The van der Waals surface area contributed by atoms with Gasteiger partial charge in [-0.3, -0.25) is 14.0 Å². The van der Waals surface area contributed by atoms with Crippen LogP contribution in [-0.2, 0) is 56.3 Å². The van der Waals surface area contributed by atoms with E-state index < -0.39 is 68.7 Å². The predicted octanol–water partition coefficient (Wildman–Crippen LogP) is 4.36. The van der Waals surface area contributed by atoms with Gasteiger partial charge in [-0.15, -0.1) is 0 Å². The van der Waals surface area contributed by atoms with Crippen LogP contribution in [0.15, 0.2) is 85.5 Å². The molecule has 3 aromatic carbocycles. The molecule has 7 unspecified atom stereocenters. The van der Waals surface area contributed by atoms with Gasteiger partial charge in [0, 0.05) is 11.8 Å². The molecule has 21 nitrogen and oxygen atoms in total. The van der Waals surface area contributed by atoms with Crippen molar-refractivity contribution in [3.63, 3.8) is 0 Å². The first kappa shape index (κ1) is 37.8. The lowest BCUT2D eigenvalue weighted by molar-refractivity contribution is -0.149. The van der Waals surface area contributed by atoms with Gasteiger partial charge in [0.2, 0.25) is 0 Å². The van der Waals surface area contributed by atoms with Gasteiger partial charge in [0.15, 0.2) is 24.0 Å². The van der Waals surface area contributed by atoms with Crippen LogP contribution in [0.4, 0.5) is 5.82 Å². The number of ether oxygens (including phenoxy) is 3. The van der Waals surface area contributed by atoms with Crippen molar-refractivity contribution >= 4 is 59.0 Å². The van der Waals surface area contributed by atoms with Crippen molar-refractivity contribution in [1.82, 2.24) is 19.5 Å². The fourth-order valence-corrected chi connectivity index (χ4v) is 10.7. The summed E-state index contributed by atoms with van der Waals surface area (Å²) >= 11 is 0. The maximum Gasteiger partial charge on any atom is 0.536 e. The maximum atomic E-state index is 12.8. The molecule has 2 fully saturated rings. The fourth-order valence-electron chi connectivity index (χ4n) is 5.75. The second-order valence-electron chi connectivity index (χ2n) is 11.5. The highest BCUT2D eigenvalue weighted by molar-refractivity contribution is 7.69. The summed E-state index contributed by atoms with van der Waals surface area (Å²) in [6.07, 6.45) is -1.89. The topological polar surface area (TPSA) is 293 Å². The highest BCUT2D eigenvalue weighted by atomic mass is 31.3. The van der Waals surface area contributed by atoms with E-state index in [4.69, 9.17) is 29.0 Å². The van der Waals surface area contributed by atoms with Crippen LogP contribution in [0.2, 0.25) is 0 Å². The molecule has 0 spiro atoms. The van der Waals surface area contributed by atoms with Gasteiger partial charge >= 0.3 is 31.3 Å². The molecule has 9 atom stereocenters. The SMILES string of the molecule is Nc1ncnc2c1ncn2[C@@H]1O[C@H](COP(=O)(O)OP(=O)(O)OP(=O)(O)OP(=O)(O)Oc2cccc3ccccc23)C2OC(Cc3ccccc3)OC21. The summed E-state index contributed by atoms with van der Waals surface area (Å²) in [7, 11) is -23.3. The standard InChI is InChI=1S/C28H29N5O16P4/c29-26-23-27(31-15-30-26)33(16-32-23)28-25-24(44-22(45-25)13-17-7-2-1-3-8-17)21(43-28)14-42-50(34,35)47-52(38,39)49-53(40,41)48-51(36,37)46-20-12-6-10-18-9-4-5-11-19(18)20/h1-12,15-16,21-22,24-25,28H,13-14H2,(H,34,35)(H,36,37)(H,38,39)(H,40,41)(H2,29,30,31)/t21-,22?,24?,25?,28-/m1/s1. The van der Waals surface area contributed by atoms with E-state index in [1.54, 1.807) is 24.3 Å². The third kappa shape index (κ3) is 8.77. The minimum atomic E-state index is -6.06. The van der Waals surface area contributed by atoms with E-state index in [2.05, 4.69) is 27.9 Å². The Morgan fingerprint density at radius 3 is 2.17 bits per heavy atom. The van der Waals surface area contributed by atoms with E-state index in [1.807, 2.05) is 30.3 Å². The summed E-state index contributed by atoms with van der Waals surface area (Å²) in [6, 6.07) is 20.0. The number of aromatic nitrogens is 4. The van der Waals surface area contributed by atoms with Crippen molar-refractivity contribution < 1.29 is 74.0 Å². The van der Waals surface area contributed by atoms with Crippen LogP contribution in [0.5, 0.6) is 5.75 Å². The molecule has 0 aliphatic carbocycles. The molecule has 282 valence electrons. The molecule has 2 aromatic heterocycles. The number of hydrogen-bond donors (Lipinski definition) is 5. The Bertz CT molecular complexity index is 2330. The number of fused-ring (bicyclic) bond motifs is 3. The van der Waals surface area contributed by atoms with Crippen LogP contribution in [0, 0.1) is 0 Å². The van der Waals surface area contributed by atoms with Crippen LogP contribution in [-0.4, -0.2) is 70.3 Å². The van der Waals surface area contributed by atoms with Gasteiger partial charge in [-0.25, -0.2) is 33.2 Å². The average Bonchev–Trinajstić information content (AvgIpc) is 3.77. The number of phosphoric acid groups is 4. The molecule has 0 amide bonds. The number of imidazole rings is 1. The van der Waals surface area contributed by atoms with Crippen molar-refractivity contribution in [2.45, 2.75) is 37.3 Å². The smallest absolute Gasteiger partial charge is 0.403 e. The summed E-state index contributed by atoms with van der Waals surface area (Å²) in [5, 5.41) is 0.890. The monoisotopic (exact) mass is 815 g/mol. The number of nitrogens with zero attached hydrogens (tertiary/aromatic N) is 4. The van der Waals surface area contributed by atoms with E-state index in [0.29, 0.717) is 17.2 Å². The normalized spacial score (nSPS) is 26.0. The van der Waals surface area contributed by atoms with Crippen molar-refractivity contribution in [2.75, 3.05) is 12.3 Å². The minimum Gasteiger partial charge on any atom is -0.403 e. The molecular formula is C28H29N5O16P4. The van der Waals surface area contributed by atoms with Crippen LogP contribution in [0.3, 0.4) is 0 Å². The van der Waals surface area contributed by atoms with Crippen molar-refractivity contribution in [3.05, 3.63) is 91.0 Å². The zero-order valence-electron chi connectivity index (χ0n) is 26.7. The summed E-state index contributed by atoms with van der Waals surface area (Å²) in [5.41, 5.74) is 7.35. The Morgan fingerprint density at radius 2 is 1.40 bits per heavy atom. The summed E-state index contributed by atoms with van der Waals surface area (Å²) in [5.74, 6) is -0.148. The lowest BCUT2D eigenvalue weighted by Gasteiger charge is -2.22. The van der Waals surface area contributed by atoms with Gasteiger partial charge in [0.1, 0.15) is 35.9 Å². The van der Waals surface area contributed by atoms with E-state index in [0.717, 1.165) is 5.56 Å². The second-order valence-corrected chi connectivity index (χ2v) is 17.6. The molecule has 2 saturated heterocycles. The molecule has 4 heterocycles. The molecular weight excluding hydrogens is 786 g/mol. The zero-order chi connectivity index (χ0) is 37.6. The van der Waals surface area contributed by atoms with E-state index in [1.165, 1.54) is 35.4 Å². The predicted molar refractivity (Wildman–Crippen MR) is 180 cm³/mol. The lowest BCUT2D eigenvalue weighted by atomic mass is 10.1. The summed E-state index contributed by atoms with van der Waals surface area (Å²) in [4.78, 5) is 52.9. The molecule has 25 heteroatoms. The lowest BCUT2D eigenvalue weighted by Crippen LogP contribution is -2.31. The molecule has 0 bridgehead atoms. The van der Waals surface area contributed by atoms with E-state index in [-0.39, 0.29) is 22.7 Å². The van der Waals surface area contributed by atoms with Crippen LogP contribution >= 0.6 is 31.3 Å². The number of nitrogens with two attached hydrogens (primary N) is 1. The first-order valence-corrected chi connectivity index (χ1v) is 21.3. The number of phosphoric ester groups is 2. The fraction of sp³-hybridized carbons (Fsp3) is 0.250. The Balaban J connectivity index is 1.02. The highest BCUT2D eigenvalue weighted by Gasteiger charge is 2.55. The van der Waals surface area contributed by atoms with Crippen molar-refractivity contribution in [3.8, 4) is 5.75 Å². The maximum absolute atomic E-state index is 12.8. The zero-order valence-corrected chi connectivity index (χ0v) is 30.3. The van der Waals surface area contributed by atoms with Gasteiger partial charge in [0.05, 0.1) is 12.9 Å². The molecule has 5 aromatic rings. The number of benzene rings is 3. The third-order valence-electron chi connectivity index (χ3n) is 7.79. The van der Waals surface area contributed by atoms with Crippen LogP contribution < -0.4 is 10.3 Å². The first-order valence-electron chi connectivity index (χ1n) is 15.3. The Morgan fingerprint density at radius 1 is 0.736 bits per heavy atom. The van der Waals surface area contributed by atoms with Crippen molar-refractivity contribution in [2.24, 2.45) is 0 Å². The number of rotatable bonds is 14. The third-order valence-corrected chi connectivity index (χ3v) is 13.6. The van der Waals surface area contributed by atoms with Crippen molar-refractivity contribution in [1.29, 1.82) is 0 Å². The molecule has 7 rings (SSSR count). The number of anilines is 1. The van der Waals surface area contributed by atoms with Crippen LogP contribution in [0.1, 0.15) is 11.8 Å². The molecule has 2 aliphatic rings. The van der Waals surface area contributed by atoms with Gasteiger partial charge in [-0.05, 0) is 17.0 Å². The Kier molecular flexibility index (Phi) is 10.5. The summed E-state index contributed by atoms with van der Waals surface area (Å²) < 4.78 is 92.5. The van der Waals surface area contributed by atoms with Gasteiger partial charge < -0.3 is 39.1 Å². The minimum absolute atomic E-state index is 0.0970. The number of nitrogen functional groups attached to an aromatic ring is 1. The van der Waals surface area contributed by atoms with Gasteiger partial charge in [-0.1, -0.05) is 66.7 Å². The van der Waals surface area contributed by atoms with E-state index in [9.17, 15) is 37.8 Å². The first-order chi connectivity index (χ1) is 25.1. The Hall–Kier alpha value is -3.45. The Labute approximate surface area is 298 Å². The molecule has 0 saturated carbocycles. The number of hydrogen-bond acceptors (Lipinski definition) is 16. The largest absolute Gasteiger partial charge is 0.536 e. The summed E-state index contributed by atoms with van der Waals surface area (Å²) in [6.45, 7) is -0.825. The average molecular weight is 815 g/mol. The second kappa shape index (κ2) is 14.7. The van der Waals surface area contributed by atoms with Crippen LogP contribution in [0.25, 0.3) is 21.9 Å². The highest BCUT2D eigenvalue weighted by Crippen LogP contribution is 2.71. The molecule has 6 N–H and O–H groups in total. The quantitative estimate of drug-likeness (QED) is 0.0973. The van der Waals surface area contributed by atoms with Gasteiger partial charge in [-0.2, -0.15) is 12.9 Å². The molecule has 0 radical (unpaired) electrons. The van der Waals surface area contributed by atoms with E-state index >= 15 is 0 Å². The molecule has 2 aliphatic heterocycles.